The Hall–Kier alpha value is -1.89. The van der Waals surface area contributed by atoms with Crippen LogP contribution in [0, 0.1) is 0 Å². The van der Waals surface area contributed by atoms with Crippen LogP contribution in [0.25, 0.3) is 0 Å². The highest BCUT2D eigenvalue weighted by molar-refractivity contribution is 5.82. The number of hydrogen-bond donors (Lipinski definition) is 2. The lowest BCUT2D eigenvalue weighted by Gasteiger charge is -2.28. The predicted molar refractivity (Wildman–Crippen MR) is 81.4 cm³/mol. The van der Waals surface area contributed by atoms with E-state index in [1.165, 1.54) is 0 Å². The van der Waals surface area contributed by atoms with Gasteiger partial charge in [0.15, 0.2) is 5.82 Å². The highest BCUT2D eigenvalue weighted by Gasteiger charge is 2.19. The molecule has 0 saturated carbocycles. The zero-order valence-electron chi connectivity index (χ0n) is 12.7. The van der Waals surface area contributed by atoms with Gasteiger partial charge in [-0.1, -0.05) is 6.92 Å². The fourth-order valence-corrected chi connectivity index (χ4v) is 2.08. The number of aromatic nitrogens is 2. The normalized spacial score (nSPS) is 15.0. The summed E-state index contributed by atoms with van der Waals surface area (Å²) >= 11 is 0. The Morgan fingerprint density at radius 1 is 1.43 bits per heavy atom. The van der Waals surface area contributed by atoms with E-state index >= 15 is 0 Å². The molecular formula is C14H23N5O2. The first-order valence-electron chi connectivity index (χ1n) is 7.44. The van der Waals surface area contributed by atoms with Crippen LogP contribution in [0.3, 0.4) is 0 Å². The van der Waals surface area contributed by atoms with Crippen molar-refractivity contribution in [2.75, 3.05) is 43.0 Å². The van der Waals surface area contributed by atoms with E-state index in [0.717, 1.165) is 31.1 Å². The van der Waals surface area contributed by atoms with Gasteiger partial charge in [0.2, 0.25) is 5.91 Å². The van der Waals surface area contributed by atoms with E-state index in [4.69, 9.17) is 4.74 Å². The molecule has 0 bridgehead atoms. The van der Waals surface area contributed by atoms with Gasteiger partial charge >= 0.3 is 0 Å². The lowest BCUT2D eigenvalue weighted by Crippen LogP contribution is -2.48. The number of carbonyl (C=O) groups excluding carboxylic acids is 1. The van der Waals surface area contributed by atoms with Crippen LogP contribution in [0.15, 0.2) is 6.07 Å². The predicted octanol–water partition coefficient (Wildman–Crippen LogP) is 0.771. The second-order valence-electron chi connectivity index (χ2n) is 4.86. The molecule has 21 heavy (non-hydrogen) atoms. The van der Waals surface area contributed by atoms with Crippen LogP contribution >= 0.6 is 0 Å². The Morgan fingerprint density at radius 3 is 3.00 bits per heavy atom. The fraction of sp³-hybridized carbons (Fsp3) is 0.643. The second-order valence-corrected chi connectivity index (χ2v) is 4.86. The van der Waals surface area contributed by atoms with Gasteiger partial charge in [-0.05, 0) is 13.3 Å². The van der Waals surface area contributed by atoms with Crippen LogP contribution in [0.5, 0.6) is 0 Å². The largest absolute Gasteiger partial charge is 0.374 e. The van der Waals surface area contributed by atoms with Gasteiger partial charge in [0.25, 0.3) is 0 Å². The number of amides is 1. The molecule has 1 aliphatic heterocycles. The minimum atomic E-state index is 0.0225. The lowest BCUT2D eigenvalue weighted by atomic mass is 10.3. The van der Waals surface area contributed by atoms with Crippen molar-refractivity contribution in [1.82, 2.24) is 15.3 Å². The fourth-order valence-electron chi connectivity index (χ4n) is 2.08. The summed E-state index contributed by atoms with van der Waals surface area (Å²) in [6.07, 6.45) is 1.02. The van der Waals surface area contributed by atoms with Crippen molar-refractivity contribution in [1.29, 1.82) is 0 Å². The summed E-state index contributed by atoms with van der Waals surface area (Å²) in [6.45, 7) is 7.62. The van der Waals surface area contributed by atoms with E-state index in [-0.39, 0.29) is 5.91 Å². The summed E-state index contributed by atoms with van der Waals surface area (Å²) in [5, 5.41) is 6.08. The van der Waals surface area contributed by atoms with Gasteiger partial charge in [-0.3, -0.25) is 4.79 Å². The van der Waals surface area contributed by atoms with Gasteiger partial charge in [-0.25, -0.2) is 9.97 Å². The Labute approximate surface area is 125 Å². The van der Waals surface area contributed by atoms with E-state index in [9.17, 15) is 4.79 Å². The Morgan fingerprint density at radius 2 is 2.29 bits per heavy atom. The van der Waals surface area contributed by atoms with Crippen molar-refractivity contribution in [2.45, 2.75) is 26.9 Å². The van der Waals surface area contributed by atoms with Crippen LogP contribution in [0.4, 0.5) is 11.6 Å². The van der Waals surface area contributed by atoms with E-state index < -0.39 is 0 Å². The Balaban J connectivity index is 2.18. The van der Waals surface area contributed by atoms with Gasteiger partial charge < -0.3 is 20.3 Å². The summed E-state index contributed by atoms with van der Waals surface area (Å²) in [4.78, 5) is 22.4. The van der Waals surface area contributed by atoms with Crippen molar-refractivity contribution < 1.29 is 9.53 Å². The molecule has 0 spiro atoms. The maximum Gasteiger partial charge on any atom is 0.239 e. The molecule has 0 unspecified atom stereocenters. The number of carbonyl (C=O) groups is 1. The van der Waals surface area contributed by atoms with Crippen LogP contribution in [0.1, 0.15) is 26.1 Å². The average Bonchev–Trinajstić information content (AvgIpc) is 2.50. The zero-order chi connectivity index (χ0) is 15.1. The van der Waals surface area contributed by atoms with Crippen molar-refractivity contribution >= 4 is 17.5 Å². The maximum absolute atomic E-state index is 11.5. The number of ether oxygens (including phenoxy) is 1. The van der Waals surface area contributed by atoms with Crippen LogP contribution in [-0.2, 0) is 16.1 Å². The molecule has 0 radical (unpaired) electrons. The van der Waals surface area contributed by atoms with Gasteiger partial charge in [0, 0.05) is 32.3 Å². The molecule has 1 aromatic heterocycles. The average molecular weight is 293 g/mol. The van der Waals surface area contributed by atoms with Crippen molar-refractivity contribution in [3.63, 3.8) is 0 Å². The molecule has 2 rings (SSSR count). The molecule has 1 fully saturated rings. The summed E-state index contributed by atoms with van der Waals surface area (Å²) in [7, 11) is 0. The molecule has 0 atom stereocenters. The van der Waals surface area contributed by atoms with Gasteiger partial charge in [0.05, 0.1) is 6.54 Å². The van der Waals surface area contributed by atoms with Crippen LogP contribution in [0.2, 0.25) is 0 Å². The summed E-state index contributed by atoms with van der Waals surface area (Å²) in [6, 6.07) is 1.89. The monoisotopic (exact) mass is 293 g/mol. The quantitative estimate of drug-likeness (QED) is 0.773. The molecule has 116 valence electrons. The first-order chi connectivity index (χ1) is 10.2. The molecule has 7 heteroatoms. The number of nitrogens with zero attached hydrogens (tertiary/aromatic N) is 3. The summed E-state index contributed by atoms with van der Waals surface area (Å²) in [5.74, 6) is 2.21. The zero-order valence-corrected chi connectivity index (χ0v) is 12.7. The molecular weight excluding hydrogens is 270 g/mol. The maximum atomic E-state index is 11.5. The molecule has 2 N–H and O–H groups in total. The van der Waals surface area contributed by atoms with Gasteiger partial charge in [-0.2, -0.15) is 0 Å². The van der Waals surface area contributed by atoms with E-state index in [2.05, 4.69) is 27.5 Å². The molecule has 1 aromatic rings. The van der Waals surface area contributed by atoms with Crippen molar-refractivity contribution in [3.05, 3.63) is 11.9 Å². The third-order valence-corrected chi connectivity index (χ3v) is 3.11. The molecule has 1 saturated heterocycles. The molecule has 0 aliphatic carbocycles. The number of rotatable bonds is 7. The van der Waals surface area contributed by atoms with E-state index in [1.807, 2.05) is 17.9 Å². The first kappa shape index (κ1) is 15.5. The van der Waals surface area contributed by atoms with Gasteiger partial charge in [0.1, 0.15) is 18.2 Å². The summed E-state index contributed by atoms with van der Waals surface area (Å²) < 4.78 is 5.39. The van der Waals surface area contributed by atoms with E-state index in [0.29, 0.717) is 32.1 Å². The smallest absolute Gasteiger partial charge is 0.239 e. The first-order valence-corrected chi connectivity index (χ1v) is 7.44. The highest BCUT2D eigenvalue weighted by atomic mass is 16.5. The molecule has 0 aromatic carbocycles. The van der Waals surface area contributed by atoms with Crippen molar-refractivity contribution in [3.8, 4) is 0 Å². The standard InChI is InChI=1S/C14H23N5O2/c1-3-5-15-11-8-13(18-12(17-11)10-21-4-2)19-7-6-16-14(20)9-19/h8H,3-7,9-10H2,1-2H3,(H,16,20)(H,15,17,18). The van der Waals surface area contributed by atoms with Crippen LogP contribution < -0.4 is 15.5 Å². The number of piperazine rings is 1. The van der Waals surface area contributed by atoms with Crippen molar-refractivity contribution in [2.24, 2.45) is 0 Å². The Kier molecular flexibility index (Phi) is 5.74. The van der Waals surface area contributed by atoms with E-state index in [1.54, 1.807) is 0 Å². The SMILES string of the molecule is CCCNc1cc(N2CCNC(=O)C2)nc(COCC)n1. The third kappa shape index (κ3) is 4.56. The third-order valence-electron chi connectivity index (χ3n) is 3.11. The number of hydrogen-bond acceptors (Lipinski definition) is 6. The summed E-state index contributed by atoms with van der Waals surface area (Å²) in [5.41, 5.74) is 0. The van der Waals surface area contributed by atoms with Crippen LogP contribution in [-0.4, -0.2) is 48.7 Å². The highest BCUT2D eigenvalue weighted by Crippen LogP contribution is 2.17. The topological polar surface area (TPSA) is 79.4 Å². The minimum Gasteiger partial charge on any atom is -0.374 e. The molecule has 2 heterocycles. The number of nitrogens with one attached hydrogen (secondary N) is 2. The minimum absolute atomic E-state index is 0.0225. The molecule has 1 amide bonds. The molecule has 1 aliphatic rings. The molecule has 7 nitrogen and oxygen atoms in total. The Bertz CT molecular complexity index is 454. The van der Waals surface area contributed by atoms with Gasteiger partial charge in [-0.15, -0.1) is 0 Å². The lowest BCUT2D eigenvalue weighted by molar-refractivity contribution is -0.120. The second kappa shape index (κ2) is 7.78. The number of anilines is 2.